The molecule has 6 nitrogen and oxygen atoms in total. The lowest BCUT2D eigenvalue weighted by Crippen LogP contribution is -2.58. The van der Waals surface area contributed by atoms with Crippen LogP contribution in [0.15, 0.2) is 103 Å². The van der Waals surface area contributed by atoms with Gasteiger partial charge in [-0.3, -0.25) is 9.88 Å². The van der Waals surface area contributed by atoms with E-state index in [2.05, 4.69) is 71.0 Å². The largest absolute Gasteiger partial charge is 0.507 e. The summed E-state index contributed by atoms with van der Waals surface area (Å²) in [5.41, 5.74) is 4.66. The summed E-state index contributed by atoms with van der Waals surface area (Å²) in [5.74, 6) is 2.49. The van der Waals surface area contributed by atoms with Crippen molar-refractivity contribution in [2.24, 2.45) is 11.8 Å². The fraction of sp³-hybridized carbons (Fsp3) is 0.268. The fourth-order valence-electron chi connectivity index (χ4n) is 8.38. The Morgan fingerprint density at radius 3 is 2.42 bits per heavy atom. The van der Waals surface area contributed by atoms with Crippen molar-refractivity contribution in [1.29, 1.82) is 0 Å². The smallest absolute Gasteiger partial charge is 0.171 e. The zero-order valence-corrected chi connectivity index (χ0v) is 28.1. The third-order valence-corrected chi connectivity index (χ3v) is 11.0. The van der Waals surface area contributed by atoms with Crippen LogP contribution in [0.4, 0.5) is 5.69 Å². The van der Waals surface area contributed by atoms with Gasteiger partial charge in [0.1, 0.15) is 11.5 Å². The second kappa shape index (κ2) is 12.7. The molecular formula is C41H40N4O2S. The number of fused-ring (bicyclic) bond motifs is 6. The quantitative estimate of drug-likeness (QED) is 0.149. The summed E-state index contributed by atoms with van der Waals surface area (Å²) in [7, 11) is 1.71. The fourth-order valence-corrected chi connectivity index (χ4v) is 8.62. The lowest BCUT2D eigenvalue weighted by molar-refractivity contribution is -0.0132. The van der Waals surface area contributed by atoms with Crippen LogP contribution in [-0.2, 0) is 0 Å². The highest BCUT2D eigenvalue weighted by atomic mass is 32.1. The van der Waals surface area contributed by atoms with Crippen molar-refractivity contribution in [3.05, 3.63) is 109 Å². The van der Waals surface area contributed by atoms with E-state index in [0.29, 0.717) is 11.0 Å². The first-order chi connectivity index (χ1) is 23.5. The molecule has 3 N–H and O–H groups in total. The maximum Gasteiger partial charge on any atom is 0.171 e. The predicted octanol–water partition coefficient (Wildman–Crippen LogP) is 9.07. The molecule has 5 aromatic carbocycles. The summed E-state index contributed by atoms with van der Waals surface area (Å²) in [6.07, 6.45) is 5.50. The van der Waals surface area contributed by atoms with E-state index in [9.17, 15) is 5.11 Å². The SMILES string of the molecule is CC[C@@H]1CN2CC[C@H]1C[C@H]2[C@@H](NC(=S)Nc1ccc2ccccc2c1-c1c(O)ccc2ccccc12)c1ccnc2ccc(OC)cc12. The van der Waals surface area contributed by atoms with Crippen molar-refractivity contribution < 1.29 is 9.84 Å². The number of nitrogens with zero attached hydrogens (tertiary/aromatic N) is 2. The number of phenols is 1. The zero-order valence-electron chi connectivity index (χ0n) is 27.3. The lowest BCUT2D eigenvalue weighted by Gasteiger charge is -2.52. The van der Waals surface area contributed by atoms with Crippen LogP contribution >= 0.6 is 12.2 Å². The van der Waals surface area contributed by atoms with Crippen molar-refractivity contribution in [3.63, 3.8) is 0 Å². The van der Waals surface area contributed by atoms with Crippen LogP contribution in [0.5, 0.6) is 11.5 Å². The molecular weight excluding hydrogens is 613 g/mol. The van der Waals surface area contributed by atoms with Crippen molar-refractivity contribution in [2.75, 3.05) is 25.5 Å². The summed E-state index contributed by atoms with van der Waals surface area (Å²) < 4.78 is 5.65. The van der Waals surface area contributed by atoms with Crippen molar-refractivity contribution in [1.82, 2.24) is 15.2 Å². The van der Waals surface area contributed by atoms with Gasteiger partial charge in [-0.15, -0.1) is 0 Å². The van der Waals surface area contributed by atoms with Gasteiger partial charge in [0.2, 0.25) is 0 Å². The number of phenolic OH excluding ortho intramolecular Hbond substituents is 1. The Bertz CT molecular complexity index is 2170. The van der Waals surface area contributed by atoms with E-state index in [1.165, 1.54) is 18.4 Å². The van der Waals surface area contributed by atoms with Gasteiger partial charge in [0.15, 0.2) is 5.11 Å². The number of hydrogen-bond acceptors (Lipinski definition) is 5. The van der Waals surface area contributed by atoms with Crippen LogP contribution in [-0.4, -0.2) is 46.3 Å². The number of piperidine rings is 3. The molecule has 6 aromatic rings. The predicted molar refractivity (Wildman–Crippen MR) is 201 cm³/mol. The Morgan fingerprint density at radius 1 is 0.938 bits per heavy atom. The molecule has 3 saturated heterocycles. The first kappa shape index (κ1) is 30.6. The Kier molecular flexibility index (Phi) is 8.11. The Hall–Kier alpha value is -4.72. The van der Waals surface area contributed by atoms with E-state index in [-0.39, 0.29) is 17.8 Å². The highest BCUT2D eigenvalue weighted by Gasteiger charge is 2.43. The standard InChI is InChI=1S/C41H40N4O2S/c1-3-25-24-45-21-19-28(25)22-36(45)40(32-18-20-42-34-16-14-29(47-2)23-33(32)34)44-41(48)43-35-15-12-26-8-4-6-10-30(26)38(35)39-31-11-7-5-9-27(31)13-17-37(39)46/h4-18,20,23,25,28,36,40,46H,3,19,21-22,24H2,1-2H3,(H2,43,44,48)/t25-,28+,36+,40+/m1/s1. The number of thiocarbonyl (C=S) groups is 1. The molecule has 3 fully saturated rings. The minimum absolute atomic E-state index is 0.0712. The van der Waals surface area contributed by atoms with Gasteiger partial charge in [-0.05, 0) is 107 Å². The Morgan fingerprint density at radius 2 is 1.69 bits per heavy atom. The van der Waals surface area contributed by atoms with Gasteiger partial charge in [-0.25, -0.2) is 0 Å². The van der Waals surface area contributed by atoms with Crippen LogP contribution < -0.4 is 15.4 Å². The van der Waals surface area contributed by atoms with E-state index in [4.69, 9.17) is 21.9 Å². The second-order valence-electron chi connectivity index (χ2n) is 13.3. The van der Waals surface area contributed by atoms with Crippen LogP contribution in [0, 0.1) is 11.8 Å². The number of pyridine rings is 1. The second-order valence-corrected chi connectivity index (χ2v) is 13.7. The number of hydrogen-bond donors (Lipinski definition) is 3. The molecule has 0 radical (unpaired) electrons. The number of ether oxygens (including phenoxy) is 1. The minimum atomic E-state index is -0.0712. The first-order valence-corrected chi connectivity index (χ1v) is 17.4. The molecule has 9 rings (SSSR count). The van der Waals surface area contributed by atoms with E-state index in [0.717, 1.165) is 80.4 Å². The van der Waals surface area contributed by atoms with Gasteiger partial charge in [-0.2, -0.15) is 0 Å². The molecule has 3 aliphatic heterocycles. The number of aromatic hydroxyl groups is 1. The molecule has 0 spiro atoms. The number of rotatable bonds is 7. The number of anilines is 1. The topological polar surface area (TPSA) is 69.7 Å². The highest BCUT2D eigenvalue weighted by Crippen LogP contribution is 2.45. The average molecular weight is 653 g/mol. The summed E-state index contributed by atoms with van der Waals surface area (Å²) >= 11 is 6.20. The number of benzene rings is 5. The van der Waals surface area contributed by atoms with Crippen molar-refractivity contribution in [3.8, 4) is 22.6 Å². The first-order valence-electron chi connectivity index (χ1n) is 17.0. The van der Waals surface area contributed by atoms with Crippen LogP contribution in [0.25, 0.3) is 43.6 Å². The maximum atomic E-state index is 11.4. The van der Waals surface area contributed by atoms with Crippen molar-refractivity contribution in [2.45, 2.75) is 38.3 Å². The third kappa shape index (κ3) is 5.41. The molecule has 1 aromatic heterocycles. The molecule has 0 aliphatic carbocycles. The van der Waals surface area contributed by atoms with Gasteiger partial charge >= 0.3 is 0 Å². The monoisotopic (exact) mass is 652 g/mol. The van der Waals surface area contributed by atoms with Crippen molar-refractivity contribution >= 4 is 55.5 Å². The molecule has 1 unspecified atom stereocenters. The van der Waals surface area contributed by atoms with Crippen LogP contribution in [0.1, 0.15) is 37.8 Å². The van der Waals surface area contributed by atoms with E-state index >= 15 is 0 Å². The molecule has 48 heavy (non-hydrogen) atoms. The summed E-state index contributed by atoms with van der Waals surface area (Å²) in [4.78, 5) is 7.38. The number of aromatic nitrogens is 1. The average Bonchev–Trinajstić information content (AvgIpc) is 3.13. The van der Waals surface area contributed by atoms with E-state index in [1.807, 2.05) is 48.7 Å². The van der Waals surface area contributed by atoms with Crippen LogP contribution in [0.2, 0.25) is 0 Å². The molecule has 242 valence electrons. The molecule has 0 saturated carbocycles. The molecule has 0 amide bonds. The van der Waals surface area contributed by atoms with Gasteiger partial charge in [0, 0.05) is 41.0 Å². The molecule has 3 aliphatic rings. The number of nitrogens with one attached hydrogen (secondary N) is 2. The van der Waals surface area contributed by atoms with E-state index in [1.54, 1.807) is 13.2 Å². The highest BCUT2D eigenvalue weighted by molar-refractivity contribution is 7.80. The summed E-state index contributed by atoms with van der Waals surface area (Å²) in [5, 5.41) is 24.6. The van der Waals surface area contributed by atoms with Gasteiger partial charge in [0.25, 0.3) is 0 Å². The maximum absolute atomic E-state index is 11.4. The molecule has 4 heterocycles. The minimum Gasteiger partial charge on any atom is -0.507 e. The Balaban J connectivity index is 1.22. The van der Waals surface area contributed by atoms with Gasteiger partial charge in [0.05, 0.1) is 18.7 Å². The lowest BCUT2D eigenvalue weighted by atomic mass is 9.72. The molecule has 5 atom stereocenters. The Labute approximate surface area is 286 Å². The van der Waals surface area contributed by atoms with Crippen LogP contribution in [0.3, 0.4) is 0 Å². The third-order valence-electron chi connectivity index (χ3n) is 10.8. The summed E-state index contributed by atoms with van der Waals surface area (Å²) in [6.45, 7) is 4.55. The zero-order chi connectivity index (χ0) is 32.8. The normalized spacial score (nSPS) is 21.0. The van der Waals surface area contributed by atoms with Gasteiger partial charge < -0.3 is 20.5 Å². The molecule has 7 heteroatoms. The summed E-state index contributed by atoms with van der Waals surface area (Å²) in [6, 6.07) is 32.9. The van der Waals surface area contributed by atoms with E-state index < -0.39 is 0 Å². The van der Waals surface area contributed by atoms with Gasteiger partial charge in [-0.1, -0.05) is 74.0 Å². The number of methoxy groups -OCH3 is 1. The molecule has 2 bridgehead atoms.